The minimum absolute atomic E-state index is 0.301. The van der Waals surface area contributed by atoms with Gasteiger partial charge in [0, 0.05) is 11.6 Å². The molecule has 2 aromatic rings. The summed E-state index contributed by atoms with van der Waals surface area (Å²) < 4.78 is 32.5. The van der Waals surface area contributed by atoms with Gasteiger partial charge in [-0.2, -0.15) is 0 Å². The number of hydrogen-bond acceptors (Lipinski definition) is 2. The predicted octanol–water partition coefficient (Wildman–Crippen LogP) is 4.17. The molecule has 1 atom stereocenters. The summed E-state index contributed by atoms with van der Waals surface area (Å²) in [4.78, 5) is 0. The molecule has 0 radical (unpaired) electrons. The van der Waals surface area contributed by atoms with E-state index >= 15 is 0 Å². The van der Waals surface area contributed by atoms with Crippen LogP contribution in [0.15, 0.2) is 39.4 Å². The van der Waals surface area contributed by atoms with Gasteiger partial charge in [0.25, 0.3) is 0 Å². The Morgan fingerprint density at radius 2 is 2.06 bits per heavy atom. The summed E-state index contributed by atoms with van der Waals surface area (Å²) in [6.45, 7) is 2.22. The first-order valence-electron chi connectivity index (χ1n) is 5.49. The molecular formula is C13H12BrF2NO. The van der Waals surface area contributed by atoms with Crippen LogP contribution >= 0.6 is 15.9 Å². The normalized spacial score (nSPS) is 12.7. The quantitative estimate of drug-likeness (QED) is 0.916. The molecule has 0 fully saturated rings. The molecule has 2 rings (SSSR count). The Balaban J connectivity index is 2.03. The lowest BCUT2D eigenvalue weighted by Crippen LogP contribution is -2.19. The second kappa shape index (κ2) is 5.63. The van der Waals surface area contributed by atoms with Gasteiger partial charge in [0.05, 0.1) is 6.54 Å². The van der Waals surface area contributed by atoms with Crippen molar-refractivity contribution in [2.24, 2.45) is 0 Å². The Morgan fingerprint density at radius 3 is 2.72 bits per heavy atom. The molecule has 0 spiro atoms. The van der Waals surface area contributed by atoms with E-state index in [0.29, 0.717) is 16.8 Å². The zero-order chi connectivity index (χ0) is 13.1. The van der Waals surface area contributed by atoms with Gasteiger partial charge in [0.2, 0.25) is 0 Å². The van der Waals surface area contributed by atoms with Gasteiger partial charge in [-0.05, 0) is 53.2 Å². The van der Waals surface area contributed by atoms with Crippen molar-refractivity contribution in [3.8, 4) is 0 Å². The van der Waals surface area contributed by atoms with Gasteiger partial charge in [-0.25, -0.2) is 8.78 Å². The summed E-state index contributed by atoms with van der Waals surface area (Å²) in [5, 5.41) is 3.08. The first-order valence-corrected chi connectivity index (χ1v) is 6.28. The molecule has 0 amide bonds. The van der Waals surface area contributed by atoms with Crippen LogP contribution in [0.3, 0.4) is 0 Å². The first-order chi connectivity index (χ1) is 8.56. The third kappa shape index (κ3) is 3.17. The Bertz CT molecular complexity index is 542. The SMILES string of the molecule is CC(NCc1ccc(Br)o1)c1cc(F)ccc1F. The van der Waals surface area contributed by atoms with Gasteiger partial charge in [-0.15, -0.1) is 0 Å². The maximum Gasteiger partial charge on any atom is 0.169 e. The van der Waals surface area contributed by atoms with Crippen LogP contribution in [-0.4, -0.2) is 0 Å². The van der Waals surface area contributed by atoms with Crippen LogP contribution in [0.1, 0.15) is 24.3 Å². The van der Waals surface area contributed by atoms with Crippen LogP contribution in [-0.2, 0) is 6.54 Å². The van der Waals surface area contributed by atoms with Gasteiger partial charge >= 0.3 is 0 Å². The highest BCUT2D eigenvalue weighted by atomic mass is 79.9. The maximum absolute atomic E-state index is 13.5. The fourth-order valence-corrected chi connectivity index (χ4v) is 2.00. The van der Waals surface area contributed by atoms with E-state index in [9.17, 15) is 8.78 Å². The van der Waals surface area contributed by atoms with Crippen LogP contribution in [0, 0.1) is 11.6 Å². The van der Waals surface area contributed by atoms with E-state index in [2.05, 4.69) is 21.2 Å². The third-order valence-electron chi connectivity index (χ3n) is 2.64. The van der Waals surface area contributed by atoms with Crippen molar-refractivity contribution < 1.29 is 13.2 Å². The van der Waals surface area contributed by atoms with Gasteiger partial charge in [-0.3, -0.25) is 0 Å². The van der Waals surface area contributed by atoms with E-state index in [1.165, 1.54) is 6.07 Å². The standard InChI is InChI=1S/C13H12BrF2NO/c1-8(11-6-9(15)2-4-12(11)16)17-7-10-3-5-13(14)18-10/h2-6,8,17H,7H2,1H3. The molecule has 1 N–H and O–H groups in total. The zero-order valence-corrected chi connectivity index (χ0v) is 11.3. The Hall–Kier alpha value is -1.20. The Kier molecular flexibility index (Phi) is 4.14. The van der Waals surface area contributed by atoms with Crippen molar-refractivity contribution in [3.63, 3.8) is 0 Å². The number of hydrogen-bond donors (Lipinski definition) is 1. The summed E-state index contributed by atoms with van der Waals surface area (Å²) in [6, 6.07) is 6.73. The lowest BCUT2D eigenvalue weighted by atomic mass is 10.1. The van der Waals surface area contributed by atoms with E-state index in [4.69, 9.17) is 4.42 Å². The minimum Gasteiger partial charge on any atom is -0.453 e. The zero-order valence-electron chi connectivity index (χ0n) is 9.71. The largest absolute Gasteiger partial charge is 0.453 e. The molecule has 0 saturated heterocycles. The molecule has 1 unspecified atom stereocenters. The number of benzene rings is 1. The lowest BCUT2D eigenvalue weighted by Gasteiger charge is -2.14. The Morgan fingerprint density at radius 1 is 1.28 bits per heavy atom. The van der Waals surface area contributed by atoms with Crippen LogP contribution in [0.2, 0.25) is 0 Å². The molecule has 96 valence electrons. The van der Waals surface area contributed by atoms with Crippen molar-refractivity contribution in [2.45, 2.75) is 19.5 Å². The topological polar surface area (TPSA) is 25.2 Å². The molecule has 1 heterocycles. The minimum atomic E-state index is -0.444. The van der Waals surface area contributed by atoms with Crippen molar-refractivity contribution in [3.05, 3.63) is 58.0 Å². The summed E-state index contributed by atoms with van der Waals surface area (Å²) in [5.41, 5.74) is 0.306. The average Bonchev–Trinajstić information content (AvgIpc) is 2.75. The van der Waals surface area contributed by atoms with E-state index in [-0.39, 0.29) is 6.04 Å². The fraction of sp³-hybridized carbons (Fsp3) is 0.231. The van der Waals surface area contributed by atoms with Crippen molar-refractivity contribution in [1.29, 1.82) is 0 Å². The maximum atomic E-state index is 13.5. The number of rotatable bonds is 4. The molecule has 1 aromatic heterocycles. The van der Waals surface area contributed by atoms with Crippen molar-refractivity contribution in [2.75, 3.05) is 0 Å². The smallest absolute Gasteiger partial charge is 0.169 e. The molecule has 0 aliphatic rings. The van der Waals surface area contributed by atoms with E-state index in [1.54, 1.807) is 13.0 Å². The summed E-state index contributed by atoms with van der Waals surface area (Å²) in [7, 11) is 0. The van der Waals surface area contributed by atoms with Crippen molar-refractivity contribution in [1.82, 2.24) is 5.32 Å². The predicted molar refractivity (Wildman–Crippen MR) is 68.0 cm³/mol. The van der Waals surface area contributed by atoms with E-state index in [0.717, 1.165) is 17.9 Å². The highest BCUT2D eigenvalue weighted by molar-refractivity contribution is 9.10. The molecule has 5 heteroatoms. The van der Waals surface area contributed by atoms with E-state index < -0.39 is 11.6 Å². The second-order valence-electron chi connectivity index (χ2n) is 3.97. The first kappa shape index (κ1) is 13.2. The highest BCUT2D eigenvalue weighted by Crippen LogP contribution is 2.19. The number of nitrogens with one attached hydrogen (secondary N) is 1. The van der Waals surface area contributed by atoms with Gasteiger partial charge < -0.3 is 9.73 Å². The van der Waals surface area contributed by atoms with E-state index in [1.807, 2.05) is 6.07 Å². The van der Waals surface area contributed by atoms with Crippen LogP contribution in [0.4, 0.5) is 8.78 Å². The van der Waals surface area contributed by atoms with Gasteiger partial charge in [0.1, 0.15) is 17.4 Å². The molecule has 18 heavy (non-hydrogen) atoms. The summed E-state index contributed by atoms with van der Waals surface area (Å²) in [6.07, 6.45) is 0. The van der Waals surface area contributed by atoms with Crippen LogP contribution < -0.4 is 5.32 Å². The summed E-state index contributed by atoms with van der Waals surface area (Å²) in [5.74, 6) is -0.136. The third-order valence-corrected chi connectivity index (χ3v) is 3.06. The highest BCUT2D eigenvalue weighted by Gasteiger charge is 2.12. The molecule has 2 nitrogen and oxygen atoms in total. The Labute approximate surface area is 112 Å². The molecule has 1 aromatic carbocycles. The number of furan rings is 1. The molecule has 0 saturated carbocycles. The molecule has 0 aliphatic carbocycles. The molecular weight excluding hydrogens is 304 g/mol. The van der Waals surface area contributed by atoms with Crippen molar-refractivity contribution >= 4 is 15.9 Å². The molecule has 0 bridgehead atoms. The summed E-state index contributed by atoms with van der Waals surface area (Å²) >= 11 is 3.20. The van der Waals surface area contributed by atoms with Crippen LogP contribution in [0.5, 0.6) is 0 Å². The monoisotopic (exact) mass is 315 g/mol. The van der Waals surface area contributed by atoms with Crippen LogP contribution in [0.25, 0.3) is 0 Å². The number of halogens is 3. The van der Waals surface area contributed by atoms with Gasteiger partial charge in [0.15, 0.2) is 4.67 Å². The van der Waals surface area contributed by atoms with Gasteiger partial charge in [-0.1, -0.05) is 0 Å². The second-order valence-corrected chi connectivity index (χ2v) is 4.76. The fourth-order valence-electron chi connectivity index (χ4n) is 1.66. The lowest BCUT2D eigenvalue weighted by molar-refractivity contribution is 0.440. The average molecular weight is 316 g/mol. The molecule has 0 aliphatic heterocycles.